The molecule has 1 aromatic rings. The highest BCUT2D eigenvalue weighted by molar-refractivity contribution is 7.99. The van der Waals surface area contributed by atoms with Crippen molar-refractivity contribution in [3.05, 3.63) is 0 Å². The first-order chi connectivity index (χ1) is 7.93. The fourth-order valence-electron chi connectivity index (χ4n) is 1.13. The largest absolute Gasteiger partial charge is 0.481 e. The van der Waals surface area contributed by atoms with Crippen LogP contribution >= 0.6 is 11.8 Å². The molecule has 94 valence electrons. The molecule has 1 heterocycles. The molecule has 0 radical (unpaired) electrons. The number of carboxylic acid groups (broad SMARTS) is 1. The first-order valence-electron chi connectivity index (χ1n) is 4.77. The first-order valence-corrected chi connectivity index (χ1v) is 5.75. The second-order valence-electron chi connectivity index (χ2n) is 3.50. The summed E-state index contributed by atoms with van der Waals surface area (Å²) in [5.41, 5.74) is 0. The zero-order valence-corrected chi connectivity index (χ0v) is 10.5. The van der Waals surface area contributed by atoms with Gasteiger partial charge in [0.05, 0.1) is 5.75 Å². The number of carbonyl (C=O) groups excluding carboxylic acids is 1. The van der Waals surface area contributed by atoms with Crippen molar-refractivity contribution in [3.63, 3.8) is 0 Å². The average Bonchev–Trinajstić information content (AvgIpc) is 2.72. The highest BCUT2D eigenvalue weighted by Gasteiger charge is 2.22. The number of hydrogen-bond acceptors (Lipinski definition) is 6. The van der Waals surface area contributed by atoms with E-state index in [1.54, 1.807) is 21.0 Å². The molecule has 1 aromatic heterocycles. The second kappa shape index (κ2) is 5.62. The maximum atomic E-state index is 11.7. The number of thioether (sulfide) groups is 1. The van der Waals surface area contributed by atoms with Crippen LogP contribution < -0.4 is 0 Å². The van der Waals surface area contributed by atoms with Gasteiger partial charge in [-0.3, -0.25) is 9.59 Å². The number of aliphatic carboxylic acids is 1. The molecule has 0 aliphatic heterocycles. The molecule has 0 aromatic carbocycles. The summed E-state index contributed by atoms with van der Waals surface area (Å²) in [4.78, 5) is 23.6. The minimum absolute atomic E-state index is 0.150. The van der Waals surface area contributed by atoms with E-state index in [1.807, 2.05) is 0 Å². The summed E-state index contributed by atoms with van der Waals surface area (Å²) in [5.74, 6) is -1.27. The number of nitrogens with zero attached hydrogens (tertiary/aromatic N) is 5. The molecule has 0 saturated heterocycles. The molecular weight excluding hydrogens is 246 g/mol. The molecule has 1 N–H and O–H groups in total. The van der Waals surface area contributed by atoms with Crippen molar-refractivity contribution in [2.24, 2.45) is 0 Å². The molecule has 1 rings (SSSR count). The highest BCUT2D eigenvalue weighted by atomic mass is 32.2. The molecule has 0 aliphatic rings. The predicted molar refractivity (Wildman–Crippen MR) is 59.6 cm³/mol. The number of likely N-dealkylation sites (N-methyl/N-ethyl adjacent to an activating group) is 1. The van der Waals surface area contributed by atoms with Gasteiger partial charge in [-0.2, -0.15) is 0 Å². The van der Waals surface area contributed by atoms with Gasteiger partial charge in [-0.25, -0.2) is 4.68 Å². The van der Waals surface area contributed by atoms with Crippen molar-refractivity contribution in [2.45, 2.75) is 18.1 Å². The van der Waals surface area contributed by atoms with E-state index in [1.165, 1.54) is 9.58 Å². The Morgan fingerprint density at radius 1 is 1.53 bits per heavy atom. The molecule has 9 heteroatoms. The van der Waals surface area contributed by atoms with E-state index in [0.29, 0.717) is 5.16 Å². The van der Waals surface area contributed by atoms with Gasteiger partial charge in [-0.1, -0.05) is 11.8 Å². The predicted octanol–water partition coefficient (Wildman–Crippen LogP) is -0.501. The Morgan fingerprint density at radius 3 is 2.71 bits per heavy atom. The third-order valence-corrected chi connectivity index (χ3v) is 2.87. The van der Waals surface area contributed by atoms with Gasteiger partial charge in [-0.15, -0.1) is 5.10 Å². The summed E-state index contributed by atoms with van der Waals surface area (Å²) < 4.78 is 1.32. The Kier molecular flexibility index (Phi) is 4.44. The molecule has 0 aliphatic carbocycles. The molecular formula is C8H13N5O3S. The van der Waals surface area contributed by atoms with Gasteiger partial charge in [0.2, 0.25) is 11.1 Å². The Labute approximate surface area is 102 Å². The summed E-state index contributed by atoms with van der Waals surface area (Å²) in [6.45, 7) is 1.66. The summed E-state index contributed by atoms with van der Waals surface area (Å²) in [7, 11) is 3.26. The van der Waals surface area contributed by atoms with E-state index in [-0.39, 0.29) is 11.7 Å². The second-order valence-corrected chi connectivity index (χ2v) is 4.44. The number of carbonyl (C=O) groups is 2. The third kappa shape index (κ3) is 3.41. The van der Waals surface area contributed by atoms with Crippen LogP contribution in [0.1, 0.15) is 13.0 Å². The van der Waals surface area contributed by atoms with Crippen molar-refractivity contribution in [1.82, 2.24) is 25.1 Å². The Hall–Kier alpha value is -1.64. The smallest absolute Gasteiger partial charge is 0.313 e. The minimum atomic E-state index is -0.962. The van der Waals surface area contributed by atoms with Crippen molar-refractivity contribution >= 4 is 23.6 Å². The van der Waals surface area contributed by atoms with Crippen molar-refractivity contribution in [1.29, 1.82) is 0 Å². The molecule has 0 saturated carbocycles. The summed E-state index contributed by atoms with van der Waals surface area (Å²) in [5, 5.41) is 19.7. The van der Waals surface area contributed by atoms with Crippen molar-refractivity contribution < 1.29 is 14.7 Å². The third-order valence-electron chi connectivity index (χ3n) is 1.95. The molecule has 0 bridgehead atoms. The maximum Gasteiger partial charge on any atom is 0.313 e. The molecule has 0 fully saturated rings. The van der Waals surface area contributed by atoms with Gasteiger partial charge in [0.1, 0.15) is 6.04 Å². The van der Waals surface area contributed by atoms with E-state index in [4.69, 9.17) is 5.11 Å². The first kappa shape index (κ1) is 13.4. The van der Waals surface area contributed by atoms with Gasteiger partial charge in [0.25, 0.3) is 0 Å². The summed E-state index contributed by atoms with van der Waals surface area (Å²) in [6.07, 6.45) is 0. The van der Waals surface area contributed by atoms with Gasteiger partial charge >= 0.3 is 5.97 Å². The van der Waals surface area contributed by atoms with Crippen LogP contribution in [-0.2, 0) is 9.59 Å². The fourth-order valence-corrected chi connectivity index (χ4v) is 1.80. The lowest BCUT2D eigenvalue weighted by Gasteiger charge is -2.17. The zero-order valence-electron chi connectivity index (χ0n) is 9.69. The van der Waals surface area contributed by atoms with Crippen molar-refractivity contribution in [2.75, 3.05) is 19.8 Å². The number of carboxylic acids is 1. The van der Waals surface area contributed by atoms with Crippen LogP contribution in [0.2, 0.25) is 0 Å². The van der Waals surface area contributed by atoms with Crippen LogP contribution in [0.15, 0.2) is 5.16 Å². The molecule has 1 unspecified atom stereocenters. The molecule has 0 spiro atoms. The van der Waals surface area contributed by atoms with Gasteiger partial charge in [-0.05, 0) is 17.4 Å². The molecule has 1 atom stereocenters. The van der Waals surface area contributed by atoms with Crippen LogP contribution in [-0.4, -0.2) is 61.9 Å². The van der Waals surface area contributed by atoms with E-state index < -0.39 is 12.0 Å². The number of aromatic nitrogens is 4. The lowest BCUT2D eigenvalue weighted by Crippen LogP contribution is -2.30. The maximum absolute atomic E-state index is 11.7. The Balaban J connectivity index is 2.80. The monoisotopic (exact) mass is 259 g/mol. The van der Waals surface area contributed by atoms with Crippen LogP contribution in [0, 0.1) is 0 Å². The van der Waals surface area contributed by atoms with Crippen LogP contribution in [0.5, 0.6) is 0 Å². The highest BCUT2D eigenvalue weighted by Crippen LogP contribution is 2.18. The summed E-state index contributed by atoms with van der Waals surface area (Å²) in [6, 6.07) is -0.559. The van der Waals surface area contributed by atoms with Crippen molar-refractivity contribution in [3.8, 4) is 0 Å². The van der Waals surface area contributed by atoms with Gasteiger partial charge < -0.3 is 10.0 Å². The number of tetrazole rings is 1. The Bertz CT molecular complexity index is 419. The topological polar surface area (TPSA) is 101 Å². The lowest BCUT2D eigenvalue weighted by molar-refractivity contribution is -0.134. The van der Waals surface area contributed by atoms with E-state index >= 15 is 0 Å². The Morgan fingerprint density at radius 2 is 2.18 bits per heavy atom. The number of hydrogen-bond donors (Lipinski definition) is 1. The molecule has 1 amide bonds. The minimum Gasteiger partial charge on any atom is -0.481 e. The van der Waals surface area contributed by atoms with E-state index in [0.717, 1.165) is 11.8 Å². The standard InChI is InChI=1S/C8H13N5O3S/c1-5(7(16)12(2)3)13-8(9-10-11-13)17-4-6(14)15/h5H,4H2,1-3H3,(H,14,15). The van der Waals surface area contributed by atoms with E-state index in [9.17, 15) is 9.59 Å². The van der Waals surface area contributed by atoms with E-state index in [2.05, 4.69) is 15.5 Å². The average molecular weight is 259 g/mol. The number of amides is 1. The summed E-state index contributed by atoms with van der Waals surface area (Å²) >= 11 is 0.976. The fraction of sp³-hybridized carbons (Fsp3) is 0.625. The SMILES string of the molecule is CC(C(=O)N(C)C)n1nnnc1SCC(=O)O. The molecule has 8 nitrogen and oxygen atoms in total. The molecule has 17 heavy (non-hydrogen) atoms. The number of rotatable bonds is 5. The zero-order chi connectivity index (χ0) is 13.0. The van der Waals surface area contributed by atoms with Crippen LogP contribution in [0.25, 0.3) is 0 Å². The van der Waals surface area contributed by atoms with Crippen LogP contribution in [0.3, 0.4) is 0 Å². The lowest BCUT2D eigenvalue weighted by atomic mass is 10.3. The van der Waals surface area contributed by atoms with Gasteiger partial charge in [0, 0.05) is 14.1 Å². The van der Waals surface area contributed by atoms with Gasteiger partial charge in [0.15, 0.2) is 0 Å². The quantitative estimate of drug-likeness (QED) is 0.711. The normalized spacial score (nSPS) is 12.2. The van der Waals surface area contributed by atoms with Crippen LogP contribution in [0.4, 0.5) is 0 Å².